The number of aromatic nitrogens is 1. The van der Waals surface area contributed by atoms with Gasteiger partial charge in [-0.3, -0.25) is 4.98 Å². The molecule has 0 N–H and O–H groups in total. The van der Waals surface area contributed by atoms with Crippen LogP contribution in [0.3, 0.4) is 0 Å². The van der Waals surface area contributed by atoms with Crippen molar-refractivity contribution in [1.82, 2.24) is 4.98 Å². The van der Waals surface area contributed by atoms with Gasteiger partial charge in [0.15, 0.2) is 0 Å². The lowest BCUT2D eigenvalue weighted by molar-refractivity contribution is 1.20. The van der Waals surface area contributed by atoms with Crippen LogP contribution in [0.15, 0.2) is 29.3 Å². The fraction of sp³-hybridized carbons (Fsp3) is 0.125. The van der Waals surface area contributed by atoms with E-state index >= 15 is 0 Å². The summed E-state index contributed by atoms with van der Waals surface area (Å²) in [5.41, 5.74) is 1.11. The summed E-state index contributed by atoms with van der Waals surface area (Å²) in [5, 5.41) is 0. The molecule has 0 saturated carbocycles. The first-order chi connectivity index (χ1) is 4.97. The van der Waals surface area contributed by atoms with Gasteiger partial charge < -0.3 is 0 Å². The average molecular weight is 149 g/mol. The van der Waals surface area contributed by atoms with E-state index in [0.717, 1.165) is 11.4 Å². The molecule has 0 spiro atoms. The Labute approximate surface area is 64.2 Å². The van der Waals surface area contributed by atoms with E-state index in [9.17, 15) is 0 Å². The van der Waals surface area contributed by atoms with Gasteiger partial charge in [0.25, 0.3) is 0 Å². The Balaban J connectivity index is 2.54. The maximum atomic E-state index is 4.21. The second-order valence-corrected chi connectivity index (χ2v) is 3.16. The average Bonchev–Trinajstić information content (AvgIpc) is 2.05. The lowest BCUT2D eigenvalue weighted by atomic mass is 10.3. The minimum absolute atomic E-state index is 1.08. The van der Waals surface area contributed by atoms with Crippen molar-refractivity contribution >= 4 is 17.8 Å². The predicted molar refractivity (Wildman–Crippen MR) is 44.0 cm³/mol. The number of nitrogens with zero attached hydrogens (tertiary/aromatic N) is 1. The van der Waals surface area contributed by atoms with Gasteiger partial charge in [-0.1, -0.05) is 6.08 Å². The molecule has 2 rings (SSSR count). The third-order valence-corrected chi connectivity index (χ3v) is 2.43. The fourth-order valence-corrected chi connectivity index (χ4v) is 1.76. The normalized spacial score (nSPS) is 14.8. The number of hydrogen-bond acceptors (Lipinski definition) is 2. The second-order valence-electron chi connectivity index (χ2n) is 2.10. The Bertz CT molecular complexity index is 268. The number of fused-ring (bicyclic) bond motifs is 1. The van der Waals surface area contributed by atoms with E-state index in [2.05, 4.69) is 23.2 Å². The van der Waals surface area contributed by atoms with Crippen LogP contribution in [0.4, 0.5) is 0 Å². The van der Waals surface area contributed by atoms with Crippen molar-refractivity contribution in [2.75, 3.05) is 5.75 Å². The highest BCUT2D eigenvalue weighted by molar-refractivity contribution is 7.99. The van der Waals surface area contributed by atoms with E-state index in [4.69, 9.17) is 0 Å². The molecule has 1 aliphatic rings. The molecule has 0 unspecified atom stereocenters. The van der Waals surface area contributed by atoms with Gasteiger partial charge in [0, 0.05) is 16.8 Å². The number of rotatable bonds is 0. The smallest absolute Gasteiger partial charge is 0.0762 e. The lowest BCUT2D eigenvalue weighted by Crippen LogP contribution is -1.89. The molecule has 0 radical (unpaired) electrons. The molecule has 50 valence electrons. The molecule has 0 saturated heterocycles. The van der Waals surface area contributed by atoms with Gasteiger partial charge in [-0.25, -0.2) is 0 Å². The first-order valence-corrected chi connectivity index (χ1v) is 4.20. The Morgan fingerprint density at radius 1 is 1.50 bits per heavy atom. The van der Waals surface area contributed by atoms with E-state index in [1.54, 1.807) is 0 Å². The van der Waals surface area contributed by atoms with Crippen molar-refractivity contribution in [3.63, 3.8) is 0 Å². The van der Waals surface area contributed by atoms with Crippen molar-refractivity contribution < 1.29 is 0 Å². The molecule has 1 aromatic heterocycles. The number of hydrogen-bond donors (Lipinski definition) is 0. The SMILES string of the molecule is C1=Cc2ncccc2SC1. The van der Waals surface area contributed by atoms with Gasteiger partial charge in [-0.05, 0) is 18.2 Å². The highest BCUT2D eigenvalue weighted by Gasteiger charge is 2.02. The number of thioether (sulfide) groups is 1. The van der Waals surface area contributed by atoms with E-state index < -0.39 is 0 Å². The van der Waals surface area contributed by atoms with Crippen LogP contribution in [0.25, 0.3) is 6.08 Å². The molecule has 1 nitrogen and oxygen atoms in total. The van der Waals surface area contributed by atoms with E-state index in [0.29, 0.717) is 0 Å². The molecular formula is C8H7NS. The molecule has 2 heterocycles. The van der Waals surface area contributed by atoms with Crippen LogP contribution in [0.5, 0.6) is 0 Å². The van der Waals surface area contributed by atoms with Crippen molar-refractivity contribution in [2.45, 2.75) is 4.90 Å². The fourth-order valence-electron chi connectivity index (χ4n) is 0.948. The quantitative estimate of drug-likeness (QED) is 0.561. The predicted octanol–water partition coefficient (Wildman–Crippen LogP) is 2.20. The third-order valence-electron chi connectivity index (χ3n) is 1.41. The summed E-state index contributed by atoms with van der Waals surface area (Å²) in [7, 11) is 0. The minimum atomic E-state index is 1.08. The van der Waals surface area contributed by atoms with E-state index in [1.165, 1.54) is 4.90 Å². The summed E-state index contributed by atoms with van der Waals surface area (Å²) >= 11 is 1.84. The molecule has 1 aromatic rings. The zero-order valence-corrected chi connectivity index (χ0v) is 6.27. The Morgan fingerprint density at radius 3 is 3.40 bits per heavy atom. The van der Waals surface area contributed by atoms with Gasteiger partial charge in [-0.15, -0.1) is 11.8 Å². The number of pyridine rings is 1. The molecule has 0 fully saturated rings. The van der Waals surface area contributed by atoms with E-state index in [1.807, 2.05) is 24.0 Å². The summed E-state index contributed by atoms with van der Waals surface area (Å²) < 4.78 is 0. The van der Waals surface area contributed by atoms with Crippen LogP contribution in [-0.2, 0) is 0 Å². The zero-order chi connectivity index (χ0) is 6.81. The minimum Gasteiger partial charge on any atom is -0.256 e. The summed E-state index contributed by atoms with van der Waals surface area (Å²) in [6.45, 7) is 0. The Morgan fingerprint density at radius 2 is 2.50 bits per heavy atom. The van der Waals surface area contributed by atoms with Crippen LogP contribution in [0.2, 0.25) is 0 Å². The van der Waals surface area contributed by atoms with Crippen LogP contribution in [0, 0.1) is 0 Å². The summed E-state index contributed by atoms with van der Waals surface area (Å²) in [6, 6.07) is 4.08. The largest absolute Gasteiger partial charge is 0.256 e. The van der Waals surface area contributed by atoms with Crippen molar-refractivity contribution in [3.8, 4) is 0 Å². The molecule has 0 amide bonds. The monoisotopic (exact) mass is 149 g/mol. The maximum absolute atomic E-state index is 4.21. The van der Waals surface area contributed by atoms with Crippen LogP contribution < -0.4 is 0 Å². The Kier molecular flexibility index (Phi) is 1.47. The highest BCUT2D eigenvalue weighted by Crippen LogP contribution is 2.25. The van der Waals surface area contributed by atoms with Crippen molar-refractivity contribution in [3.05, 3.63) is 30.1 Å². The molecule has 1 aliphatic heterocycles. The van der Waals surface area contributed by atoms with Gasteiger partial charge in [0.05, 0.1) is 5.69 Å². The maximum Gasteiger partial charge on any atom is 0.0762 e. The molecule has 0 aliphatic carbocycles. The molecule has 0 bridgehead atoms. The van der Waals surface area contributed by atoms with Crippen LogP contribution in [0.1, 0.15) is 5.69 Å². The first-order valence-electron chi connectivity index (χ1n) is 3.21. The van der Waals surface area contributed by atoms with E-state index in [-0.39, 0.29) is 0 Å². The van der Waals surface area contributed by atoms with Gasteiger partial charge >= 0.3 is 0 Å². The molecule has 2 heteroatoms. The van der Waals surface area contributed by atoms with Gasteiger partial charge in [-0.2, -0.15) is 0 Å². The van der Waals surface area contributed by atoms with Crippen molar-refractivity contribution in [2.24, 2.45) is 0 Å². The van der Waals surface area contributed by atoms with Crippen LogP contribution in [-0.4, -0.2) is 10.7 Å². The topological polar surface area (TPSA) is 12.9 Å². The zero-order valence-electron chi connectivity index (χ0n) is 5.45. The third kappa shape index (κ3) is 0.948. The summed E-state index contributed by atoms with van der Waals surface area (Å²) in [5.74, 6) is 1.08. The standard InChI is InChI=1S/C8H7NS/c1-4-8-7(9-5-1)3-2-6-10-8/h1-5H,6H2. The van der Waals surface area contributed by atoms with Crippen molar-refractivity contribution in [1.29, 1.82) is 0 Å². The molecule has 0 atom stereocenters. The van der Waals surface area contributed by atoms with Crippen LogP contribution >= 0.6 is 11.8 Å². The second kappa shape index (κ2) is 2.46. The Hall–Kier alpha value is -0.760. The van der Waals surface area contributed by atoms with Gasteiger partial charge in [0.2, 0.25) is 0 Å². The summed E-state index contributed by atoms with van der Waals surface area (Å²) in [4.78, 5) is 5.51. The van der Waals surface area contributed by atoms with Gasteiger partial charge in [0.1, 0.15) is 0 Å². The molecular weight excluding hydrogens is 142 g/mol. The summed E-state index contributed by atoms with van der Waals surface area (Å²) in [6.07, 6.45) is 6.04. The molecule has 10 heavy (non-hydrogen) atoms. The highest BCUT2D eigenvalue weighted by atomic mass is 32.2. The first kappa shape index (κ1) is 5.98. The molecule has 0 aromatic carbocycles. The lowest BCUT2D eigenvalue weighted by Gasteiger charge is -2.06.